The topological polar surface area (TPSA) is 40.5 Å². The first-order valence-electron chi connectivity index (χ1n) is 6.48. The Kier molecular flexibility index (Phi) is 3.24. The predicted octanol–water partition coefficient (Wildman–Crippen LogP) is 2.50. The molecular formula is C13H23NO2. The molecule has 2 aliphatic rings. The first-order valence-corrected chi connectivity index (χ1v) is 6.48. The van der Waals surface area contributed by atoms with Crippen molar-refractivity contribution in [3.8, 4) is 0 Å². The molecule has 2 fully saturated rings. The minimum atomic E-state index is -0.665. The van der Waals surface area contributed by atoms with Crippen LogP contribution in [-0.4, -0.2) is 34.6 Å². The van der Waals surface area contributed by atoms with E-state index in [1.165, 1.54) is 32.1 Å². The molecule has 1 atom stereocenters. The van der Waals surface area contributed by atoms with Gasteiger partial charge in [0.15, 0.2) is 0 Å². The minimum absolute atomic E-state index is 0.295. The molecule has 0 aromatic rings. The molecule has 3 nitrogen and oxygen atoms in total. The molecule has 0 aliphatic heterocycles. The lowest BCUT2D eigenvalue weighted by Crippen LogP contribution is -2.44. The summed E-state index contributed by atoms with van der Waals surface area (Å²) in [4.78, 5) is 13.2. The lowest BCUT2D eigenvalue weighted by atomic mass is 9.86. The average Bonchev–Trinajstić information content (AvgIpc) is 2.93. The van der Waals surface area contributed by atoms with Crippen LogP contribution in [0.5, 0.6) is 0 Å². The number of hydrogen-bond donors (Lipinski definition) is 1. The Morgan fingerprint density at radius 3 is 2.50 bits per heavy atom. The van der Waals surface area contributed by atoms with Gasteiger partial charge in [0.05, 0.1) is 6.42 Å². The third-order valence-electron chi connectivity index (χ3n) is 4.20. The Balaban J connectivity index is 1.98. The second kappa shape index (κ2) is 4.36. The second-order valence-corrected chi connectivity index (χ2v) is 6.01. The average molecular weight is 225 g/mol. The molecule has 0 spiro atoms. The van der Waals surface area contributed by atoms with E-state index >= 15 is 0 Å². The van der Waals surface area contributed by atoms with Crippen molar-refractivity contribution in [1.29, 1.82) is 0 Å². The standard InChI is InChI=1S/C13H23NO2/c1-13(2)8-3-4-11(13)14(10-5-6-10)9-7-12(15)16/h10-11H,3-9H2,1-2H3,(H,15,16). The van der Waals surface area contributed by atoms with Crippen molar-refractivity contribution in [3.05, 3.63) is 0 Å². The summed E-state index contributed by atoms with van der Waals surface area (Å²) in [5, 5.41) is 8.81. The Labute approximate surface area is 97.8 Å². The number of nitrogens with zero attached hydrogens (tertiary/aromatic N) is 1. The Morgan fingerprint density at radius 1 is 1.38 bits per heavy atom. The van der Waals surface area contributed by atoms with Crippen LogP contribution in [0.3, 0.4) is 0 Å². The van der Waals surface area contributed by atoms with Crippen molar-refractivity contribution in [3.63, 3.8) is 0 Å². The summed E-state index contributed by atoms with van der Waals surface area (Å²) in [6.45, 7) is 5.41. The fourth-order valence-electron chi connectivity index (χ4n) is 3.15. The fraction of sp³-hybridized carbons (Fsp3) is 0.923. The van der Waals surface area contributed by atoms with E-state index in [1.54, 1.807) is 0 Å². The van der Waals surface area contributed by atoms with Crippen LogP contribution >= 0.6 is 0 Å². The zero-order valence-corrected chi connectivity index (χ0v) is 10.4. The third-order valence-corrected chi connectivity index (χ3v) is 4.20. The largest absolute Gasteiger partial charge is 0.481 e. The maximum Gasteiger partial charge on any atom is 0.304 e. The van der Waals surface area contributed by atoms with Gasteiger partial charge in [-0.1, -0.05) is 20.3 Å². The van der Waals surface area contributed by atoms with Gasteiger partial charge in [0.25, 0.3) is 0 Å². The quantitative estimate of drug-likeness (QED) is 0.781. The third kappa shape index (κ3) is 2.57. The Bertz CT molecular complexity index is 271. The van der Waals surface area contributed by atoms with Crippen LogP contribution in [0.2, 0.25) is 0 Å². The van der Waals surface area contributed by atoms with Crippen LogP contribution in [-0.2, 0) is 4.79 Å². The van der Waals surface area contributed by atoms with Gasteiger partial charge < -0.3 is 5.11 Å². The highest BCUT2D eigenvalue weighted by atomic mass is 16.4. The van der Waals surface area contributed by atoms with E-state index in [9.17, 15) is 4.79 Å². The number of carbonyl (C=O) groups is 1. The predicted molar refractivity (Wildman–Crippen MR) is 63.4 cm³/mol. The van der Waals surface area contributed by atoms with E-state index < -0.39 is 5.97 Å². The van der Waals surface area contributed by atoms with Crippen molar-refractivity contribution in [2.75, 3.05) is 6.54 Å². The summed E-state index contributed by atoms with van der Waals surface area (Å²) >= 11 is 0. The molecule has 92 valence electrons. The van der Waals surface area contributed by atoms with Crippen molar-refractivity contribution >= 4 is 5.97 Å². The molecule has 2 aliphatic carbocycles. The van der Waals surface area contributed by atoms with E-state index in [0.29, 0.717) is 23.9 Å². The zero-order chi connectivity index (χ0) is 11.8. The van der Waals surface area contributed by atoms with Crippen molar-refractivity contribution in [1.82, 2.24) is 4.90 Å². The van der Waals surface area contributed by atoms with Gasteiger partial charge in [-0.3, -0.25) is 9.69 Å². The van der Waals surface area contributed by atoms with Crippen LogP contribution in [0.4, 0.5) is 0 Å². The molecule has 2 rings (SSSR count). The monoisotopic (exact) mass is 225 g/mol. The van der Waals surface area contributed by atoms with E-state index in [4.69, 9.17) is 5.11 Å². The van der Waals surface area contributed by atoms with Gasteiger partial charge in [-0.15, -0.1) is 0 Å². The maximum atomic E-state index is 10.7. The molecule has 0 heterocycles. The molecule has 1 N–H and O–H groups in total. The Morgan fingerprint density at radius 2 is 2.06 bits per heavy atom. The van der Waals surface area contributed by atoms with E-state index in [-0.39, 0.29) is 0 Å². The van der Waals surface area contributed by atoms with Crippen molar-refractivity contribution in [2.45, 2.75) is 64.5 Å². The maximum absolute atomic E-state index is 10.7. The normalized spacial score (nSPS) is 28.6. The second-order valence-electron chi connectivity index (χ2n) is 6.01. The van der Waals surface area contributed by atoms with Crippen LogP contribution < -0.4 is 0 Å². The first kappa shape index (κ1) is 11.9. The molecule has 0 radical (unpaired) electrons. The number of rotatable bonds is 5. The van der Waals surface area contributed by atoms with Gasteiger partial charge in [0, 0.05) is 18.6 Å². The highest BCUT2D eigenvalue weighted by molar-refractivity contribution is 5.66. The molecular weight excluding hydrogens is 202 g/mol. The van der Waals surface area contributed by atoms with E-state index in [1.807, 2.05) is 0 Å². The highest BCUT2D eigenvalue weighted by Gasteiger charge is 2.43. The lowest BCUT2D eigenvalue weighted by Gasteiger charge is -2.37. The van der Waals surface area contributed by atoms with Crippen LogP contribution in [0.15, 0.2) is 0 Å². The molecule has 0 bridgehead atoms. The van der Waals surface area contributed by atoms with E-state index in [2.05, 4.69) is 18.7 Å². The SMILES string of the molecule is CC1(C)CCCC1N(CCC(=O)O)C1CC1. The summed E-state index contributed by atoms with van der Waals surface area (Å²) in [7, 11) is 0. The summed E-state index contributed by atoms with van der Waals surface area (Å²) in [5.41, 5.74) is 0.376. The van der Waals surface area contributed by atoms with Crippen LogP contribution in [0.1, 0.15) is 52.4 Å². The van der Waals surface area contributed by atoms with Crippen molar-refractivity contribution in [2.24, 2.45) is 5.41 Å². The summed E-state index contributed by atoms with van der Waals surface area (Å²) in [6, 6.07) is 1.29. The fourth-order valence-corrected chi connectivity index (χ4v) is 3.15. The van der Waals surface area contributed by atoms with E-state index in [0.717, 1.165) is 6.54 Å². The summed E-state index contributed by atoms with van der Waals surface area (Å²) in [6.07, 6.45) is 6.67. The number of carboxylic acid groups (broad SMARTS) is 1. The van der Waals surface area contributed by atoms with Gasteiger partial charge in [-0.05, 0) is 31.1 Å². The molecule has 0 saturated heterocycles. The number of carboxylic acids is 1. The molecule has 0 amide bonds. The Hall–Kier alpha value is -0.570. The molecule has 0 aromatic carbocycles. The summed E-state index contributed by atoms with van der Waals surface area (Å²) in [5.74, 6) is -0.665. The molecule has 0 aromatic heterocycles. The summed E-state index contributed by atoms with van der Waals surface area (Å²) < 4.78 is 0. The zero-order valence-electron chi connectivity index (χ0n) is 10.4. The number of hydrogen-bond acceptors (Lipinski definition) is 2. The van der Waals surface area contributed by atoms with Gasteiger partial charge >= 0.3 is 5.97 Å². The highest BCUT2D eigenvalue weighted by Crippen LogP contribution is 2.44. The van der Waals surface area contributed by atoms with Gasteiger partial charge in [0.1, 0.15) is 0 Å². The van der Waals surface area contributed by atoms with Crippen LogP contribution in [0, 0.1) is 5.41 Å². The molecule has 3 heteroatoms. The van der Waals surface area contributed by atoms with Crippen molar-refractivity contribution < 1.29 is 9.90 Å². The first-order chi connectivity index (χ1) is 7.50. The van der Waals surface area contributed by atoms with Gasteiger partial charge in [-0.2, -0.15) is 0 Å². The lowest BCUT2D eigenvalue weighted by molar-refractivity contribution is -0.137. The van der Waals surface area contributed by atoms with Gasteiger partial charge in [0.2, 0.25) is 0 Å². The molecule has 1 unspecified atom stereocenters. The minimum Gasteiger partial charge on any atom is -0.481 e. The number of aliphatic carboxylic acids is 1. The molecule has 2 saturated carbocycles. The van der Waals surface area contributed by atoms with Gasteiger partial charge in [-0.25, -0.2) is 0 Å². The van der Waals surface area contributed by atoms with Crippen LogP contribution in [0.25, 0.3) is 0 Å². The molecule has 16 heavy (non-hydrogen) atoms. The smallest absolute Gasteiger partial charge is 0.304 e.